The van der Waals surface area contributed by atoms with Crippen LogP contribution in [-0.4, -0.2) is 35.4 Å². The van der Waals surface area contributed by atoms with E-state index in [2.05, 4.69) is 5.32 Å². The zero-order chi connectivity index (χ0) is 21.4. The highest BCUT2D eigenvalue weighted by Crippen LogP contribution is 2.14. The lowest BCUT2D eigenvalue weighted by Gasteiger charge is -2.29. The van der Waals surface area contributed by atoms with Crippen LogP contribution in [0.5, 0.6) is 5.75 Å². The Bertz CT molecular complexity index is 806. The van der Waals surface area contributed by atoms with Crippen molar-refractivity contribution in [2.75, 3.05) is 6.61 Å². The maximum atomic E-state index is 13.2. The average Bonchev–Trinajstić information content (AvgIpc) is 2.72. The van der Waals surface area contributed by atoms with Crippen LogP contribution in [0.2, 0.25) is 0 Å². The van der Waals surface area contributed by atoms with Crippen LogP contribution in [-0.2, 0) is 16.1 Å². The minimum absolute atomic E-state index is 0.0107. The third kappa shape index (κ3) is 6.89. The minimum Gasteiger partial charge on any atom is -0.484 e. The fourth-order valence-electron chi connectivity index (χ4n) is 2.70. The van der Waals surface area contributed by atoms with Crippen LogP contribution in [0.1, 0.15) is 38.3 Å². The molecule has 0 heterocycles. The molecule has 1 N–H and O–H groups in total. The summed E-state index contributed by atoms with van der Waals surface area (Å²) in [5.74, 6) is -0.314. The van der Waals surface area contributed by atoms with Crippen LogP contribution in [0.15, 0.2) is 48.5 Å². The molecule has 29 heavy (non-hydrogen) atoms. The quantitative estimate of drug-likeness (QED) is 0.696. The van der Waals surface area contributed by atoms with Crippen molar-refractivity contribution in [2.24, 2.45) is 0 Å². The van der Waals surface area contributed by atoms with Crippen molar-refractivity contribution in [3.8, 4) is 5.75 Å². The molecule has 0 saturated carbocycles. The van der Waals surface area contributed by atoms with E-state index >= 15 is 0 Å². The van der Waals surface area contributed by atoms with Gasteiger partial charge in [-0.1, -0.05) is 36.8 Å². The maximum absolute atomic E-state index is 13.2. The van der Waals surface area contributed by atoms with E-state index in [0.29, 0.717) is 5.75 Å². The van der Waals surface area contributed by atoms with E-state index in [0.717, 1.165) is 17.5 Å². The monoisotopic (exact) mass is 400 g/mol. The number of nitrogens with zero attached hydrogens (tertiary/aromatic N) is 1. The van der Waals surface area contributed by atoms with Gasteiger partial charge < -0.3 is 15.0 Å². The van der Waals surface area contributed by atoms with Crippen molar-refractivity contribution in [2.45, 2.75) is 52.7 Å². The highest BCUT2D eigenvalue weighted by molar-refractivity contribution is 5.88. The number of carbonyl (C=O) groups excluding carboxylic acids is 2. The lowest BCUT2D eigenvalue weighted by atomic mass is 10.1. The van der Waals surface area contributed by atoms with E-state index in [1.807, 2.05) is 32.9 Å². The SMILES string of the molecule is CC[C@@H](C)NC(=O)[C@H](C)N(Cc1ccc(F)cc1)C(=O)COc1ccc(C)cc1. The van der Waals surface area contributed by atoms with Crippen molar-refractivity contribution in [3.05, 3.63) is 65.5 Å². The Balaban J connectivity index is 2.13. The number of rotatable bonds is 9. The first-order valence-corrected chi connectivity index (χ1v) is 9.84. The van der Waals surface area contributed by atoms with Crippen LogP contribution in [0.4, 0.5) is 4.39 Å². The van der Waals surface area contributed by atoms with E-state index in [-0.39, 0.29) is 36.8 Å². The molecular weight excluding hydrogens is 371 g/mol. The Kier molecular flexibility index (Phi) is 8.19. The summed E-state index contributed by atoms with van der Waals surface area (Å²) in [7, 11) is 0. The summed E-state index contributed by atoms with van der Waals surface area (Å²) in [6.45, 7) is 7.54. The number of ether oxygens (including phenoxy) is 1. The topological polar surface area (TPSA) is 58.6 Å². The van der Waals surface area contributed by atoms with Crippen molar-refractivity contribution in [1.29, 1.82) is 0 Å². The molecule has 2 rings (SSSR count). The molecule has 2 aromatic rings. The van der Waals surface area contributed by atoms with E-state index in [4.69, 9.17) is 4.74 Å². The number of nitrogens with one attached hydrogen (secondary N) is 1. The molecule has 2 aromatic carbocycles. The first-order chi connectivity index (χ1) is 13.8. The summed E-state index contributed by atoms with van der Waals surface area (Å²) in [6, 6.07) is 12.6. The standard InChI is InChI=1S/C23H29FN2O3/c1-5-17(3)25-23(28)18(4)26(14-19-8-10-20(24)11-9-19)22(27)15-29-21-12-6-16(2)7-13-21/h6-13,17-18H,5,14-15H2,1-4H3,(H,25,28)/t17-,18+/m1/s1. The summed E-state index contributed by atoms with van der Waals surface area (Å²) < 4.78 is 18.8. The third-order valence-electron chi connectivity index (χ3n) is 4.82. The molecule has 2 amide bonds. The molecule has 0 radical (unpaired) electrons. The van der Waals surface area contributed by atoms with Crippen LogP contribution >= 0.6 is 0 Å². The predicted octanol–water partition coefficient (Wildman–Crippen LogP) is 3.84. The average molecular weight is 400 g/mol. The zero-order valence-electron chi connectivity index (χ0n) is 17.4. The summed E-state index contributed by atoms with van der Waals surface area (Å²) in [4.78, 5) is 27.0. The van der Waals surface area contributed by atoms with Crippen LogP contribution in [0, 0.1) is 12.7 Å². The number of aryl methyl sites for hydroxylation is 1. The summed E-state index contributed by atoms with van der Waals surface area (Å²) in [5, 5.41) is 2.91. The Hall–Kier alpha value is -2.89. The van der Waals surface area contributed by atoms with Gasteiger partial charge in [0.1, 0.15) is 17.6 Å². The van der Waals surface area contributed by atoms with Gasteiger partial charge >= 0.3 is 0 Å². The molecule has 0 spiro atoms. The smallest absolute Gasteiger partial charge is 0.261 e. The summed E-state index contributed by atoms with van der Waals surface area (Å²) in [5.41, 5.74) is 1.83. The molecule has 0 bridgehead atoms. The van der Waals surface area contributed by atoms with Crippen molar-refractivity contribution < 1.29 is 18.7 Å². The van der Waals surface area contributed by atoms with Crippen LogP contribution in [0.3, 0.4) is 0 Å². The Morgan fingerprint density at radius 2 is 1.69 bits per heavy atom. The highest BCUT2D eigenvalue weighted by Gasteiger charge is 2.27. The second-order valence-corrected chi connectivity index (χ2v) is 7.24. The molecule has 0 fully saturated rings. The van der Waals surface area contributed by atoms with Gasteiger partial charge in [-0.15, -0.1) is 0 Å². The number of hydrogen-bond acceptors (Lipinski definition) is 3. The minimum atomic E-state index is -0.692. The van der Waals surface area contributed by atoms with Gasteiger partial charge in [0.15, 0.2) is 6.61 Å². The van der Waals surface area contributed by atoms with Gasteiger partial charge in [0.2, 0.25) is 5.91 Å². The molecule has 156 valence electrons. The maximum Gasteiger partial charge on any atom is 0.261 e. The molecule has 0 saturated heterocycles. The first-order valence-electron chi connectivity index (χ1n) is 9.84. The number of halogens is 1. The van der Waals surface area contributed by atoms with Gasteiger partial charge in [-0.25, -0.2) is 4.39 Å². The second-order valence-electron chi connectivity index (χ2n) is 7.24. The van der Waals surface area contributed by atoms with Gasteiger partial charge in [0, 0.05) is 12.6 Å². The summed E-state index contributed by atoms with van der Waals surface area (Å²) in [6.07, 6.45) is 0.793. The third-order valence-corrected chi connectivity index (χ3v) is 4.82. The predicted molar refractivity (Wildman–Crippen MR) is 111 cm³/mol. The summed E-state index contributed by atoms with van der Waals surface area (Å²) >= 11 is 0. The first kappa shape index (κ1) is 22.4. The van der Waals surface area contributed by atoms with E-state index in [1.165, 1.54) is 17.0 Å². The van der Waals surface area contributed by atoms with Gasteiger partial charge in [-0.05, 0) is 57.0 Å². The highest BCUT2D eigenvalue weighted by atomic mass is 19.1. The van der Waals surface area contributed by atoms with Gasteiger partial charge in [-0.3, -0.25) is 9.59 Å². The molecule has 0 unspecified atom stereocenters. The number of amides is 2. The van der Waals surface area contributed by atoms with Gasteiger partial charge in [0.25, 0.3) is 5.91 Å². The lowest BCUT2D eigenvalue weighted by Crippen LogP contribution is -2.50. The number of benzene rings is 2. The molecule has 5 nitrogen and oxygen atoms in total. The molecule has 0 aromatic heterocycles. The van der Waals surface area contributed by atoms with Crippen molar-refractivity contribution in [1.82, 2.24) is 10.2 Å². The van der Waals surface area contributed by atoms with Crippen molar-refractivity contribution >= 4 is 11.8 Å². The van der Waals surface area contributed by atoms with E-state index in [1.54, 1.807) is 31.2 Å². The fraction of sp³-hybridized carbons (Fsp3) is 0.391. The zero-order valence-corrected chi connectivity index (χ0v) is 17.4. The van der Waals surface area contributed by atoms with Crippen LogP contribution in [0.25, 0.3) is 0 Å². The molecule has 0 aliphatic rings. The molecule has 6 heteroatoms. The largest absolute Gasteiger partial charge is 0.484 e. The second kappa shape index (κ2) is 10.6. The Morgan fingerprint density at radius 3 is 2.28 bits per heavy atom. The molecular formula is C23H29FN2O3. The number of hydrogen-bond donors (Lipinski definition) is 1. The van der Waals surface area contributed by atoms with Gasteiger partial charge in [-0.2, -0.15) is 0 Å². The lowest BCUT2D eigenvalue weighted by molar-refractivity contribution is -0.142. The van der Waals surface area contributed by atoms with Crippen LogP contribution < -0.4 is 10.1 Å². The molecule has 0 aliphatic carbocycles. The van der Waals surface area contributed by atoms with Crippen molar-refractivity contribution in [3.63, 3.8) is 0 Å². The van der Waals surface area contributed by atoms with E-state index < -0.39 is 6.04 Å². The normalized spacial score (nSPS) is 12.7. The van der Waals surface area contributed by atoms with E-state index in [9.17, 15) is 14.0 Å². The Morgan fingerprint density at radius 1 is 1.07 bits per heavy atom. The van der Waals surface area contributed by atoms with Gasteiger partial charge in [0.05, 0.1) is 0 Å². The number of carbonyl (C=O) groups is 2. The molecule has 0 aliphatic heterocycles. The fourth-order valence-corrected chi connectivity index (χ4v) is 2.70. The molecule has 2 atom stereocenters. The Labute approximate surface area is 171 Å².